The molecule has 1 aromatic carbocycles. The van der Waals surface area contributed by atoms with Crippen molar-refractivity contribution in [1.82, 2.24) is 0 Å². The van der Waals surface area contributed by atoms with Crippen molar-refractivity contribution in [3.8, 4) is 0 Å². The van der Waals surface area contributed by atoms with Crippen molar-refractivity contribution in [2.24, 2.45) is 0 Å². The molecule has 2 rings (SSSR count). The van der Waals surface area contributed by atoms with E-state index in [-0.39, 0.29) is 0 Å². The molecule has 0 saturated carbocycles. The Kier molecular flexibility index (Phi) is 3.55. The fraction of sp³-hybridized carbons (Fsp3) is 0.500. The Morgan fingerprint density at radius 2 is 2.38 bits per heavy atom. The highest BCUT2D eigenvalue weighted by atomic mass is 35.5. The number of hydrogen-bond acceptors (Lipinski definition) is 3. The van der Waals surface area contributed by atoms with Crippen LogP contribution in [0, 0.1) is 0 Å². The zero-order valence-corrected chi connectivity index (χ0v) is 11.0. The van der Waals surface area contributed by atoms with E-state index in [2.05, 4.69) is 12.2 Å². The Hall–Kier alpha value is -0.540. The summed E-state index contributed by atoms with van der Waals surface area (Å²) in [6.45, 7) is 3.27. The van der Waals surface area contributed by atoms with Gasteiger partial charge in [0.05, 0.1) is 10.7 Å². The molecule has 0 amide bonds. The molecule has 2 nitrogen and oxygen atoms in total. The van der Waals surface area contributed by atoms with Gasteiger partial charge in [-0.2, -0.15) is 11.8 Å². The maximum atomic E-state index is 6.11. The smallest absolute Gasteiger partial charge is 0.0657 e. The number of rotatable bonds is 3. The molecule has 1 unspecified atom stereocenters. The van der Waals surface area contributed by atoms with E-state index in [4.69, 9.17) is 17.3 Å². The highest BCUT2D eigenvalue weighted by Crippen LogP contribution is 2.38. The predicted octanol–water partition coefficient (Wildman–Crippen LogP) is 3.62. The van der Waals surface area contributed by atoms with Gasteiger partial charge in [0.1, 0.15) is 0 Å². The summed E-state index contributed by atoms with van der Waals surface area (Å²) in [6, 6.07) is 5.60. The largest absolute Gasteiger partial charge is 0.399 e. The van der Waals surface area contributed by atoms with Gasteiger partial charge in [0, 0.05) is 17.0 Å². The summed E-state index contributed by atoms with van der Waals surface area (Å²) in [5.41, 5.74) is 7.34. The molecule has 1 aromatic rings. The predicted molar refractivity (Wildman–Crippen MR) is 74.5 cm³/mol. The van der Waals surface area contributed by atoms with Gasteiger partial charge in [0.2, 0.25) is 0 Å². The number of anilines is 2. The second kappa shape index (κ2) is 4.76. The molecule has 0 spiro atoms. The highest BCUT2D eigenvalue weighted by Gasteiger charge is 2.29. The van der Waals surface area contributed by atoms with E-state index in [1.54, 1.807) is 6.07 Å². The van der Waals surface area contributed by atoms with E-state index in [1.807, 2.05) is 23.9 Å². The molecule has 4 heteroatoms. The van der Waals surface area contributed by atoms with Gasteiger partial charge in [-0.05, 0) is 43.7 Å². The normalized spacial score (nSPS) is 24.6. The maximum Gasteiger partial charge on any atom is 0.0657 e. The third-order valence-electron chi connectivity index (χ3n) is 2.95. The van der Waals surface area contributed by atoms with Gasteiger partial charge >= 0.3 is 0 Å². The molecule has 1 heterocycles. The monoisotopic (exact) mass is 256 g/mol. The Bertz CT molecular complexity index is 375. The van der Waals surface area contributed by atoms with Gasteiger partial charge in [0.25, 0.3) is 0 Å². The topological polar surface area (TPSA) is 38.0 Å². The molecule has 1 aliphatic heterocycles. The summed E-state index contributed by atoms with van der Waals surface area (Å²) < 4.78 is 0.352. The number of nitrogen functional groups attached to an aromatic ring is 1. The van der Waals surface area contributed by atoms with Crippen LogP contribution in [0.15, 0.2) is 18.2 Å². The number of halogens is 1. The van der Waals surface area contributed by atoms with Crippen molar-refractivity contribution >= 4 is 34.7 Å². The van der Waals surface area contributed by atoms with Gasteiger partial charge in [-0.25, -0.2) is 0 Å². The highest BCUT2D eigenvalue weighted by molar-refractivity contribution is 8.00. The van der Waals surface area contributed by atoms with Crippen LogP contribution in [-0.2, 0) is 0 Å². The summed E-state index contributed by atoms with van der Waals surface area (Å²) in [7, 11) is 0. The number of hydrogen-bond donors (Lipinski definition) is 2. The van der Waals surface area contributed by atoms with Crippen LogP contribution in [0.2, 0.25) is 5.02 Å². The molecule has 1 saturated heterocycles. The van der Waals surface area contributed by atoms with E-state index in [9.17, 15) is 0 Å². The number of nitrogens with two attached hydrogens (primary N) is 1. The van der Waals surface area contributed by atoms with Crippen LogP contribution in [0.25, 0.3) is 0 Å². The summed E-state index contributed by atoms with van der Waals surface area (Å²) in [5.74, 6) is 1.27. The van der Waals surface area contributed by atoms with E-state index in [1.165, 1.54) is 18.6 Å². The van der Waals surface area contributed by atoms with E-state index >= 15 is 0 Å². The Morgan fingerprint density at radius 1 is 1.56 bits per heavy atom. The van der Waals surface area contributed by atoms with Crippen molar-refractivity contribution in [3.05, 3.63) is 23.2 Å². The molecular weight excluding hydrogens is 240 g/mol. The van der Waals surface area contributed by atoms with Crippen molar-refractivity contribution < 1.29 is 0 Å². The average molecular weight is 257 g/mol. The first kappa shape index (κ1) is 11.9. The first-order valence-corrected chi connectivity index (χ1v) is 6.88. The Balaban J connectivity index is 1.99. The van der Waals surface area contributed by atoms with Crippen LogP contribution in [-0.4, -0.2) is 17.0 Å². The molecule has 0 radical (unpaired) electrons. The molecule has 1 atom stereocenters. The van der Waals surface area contributed by atoms with Gasteiger partial charge < -0.3 is 11.1 Å². The minimum absolute atomic E-state index is 0.352. The Morgan fingerprint density at radius 3 is 3.00 bits per heavy atom. The Labute approximate surface area is 106 Å². The second-order valence-electron chi connectivity index (χ2n) is 4.49. The molecular formula is C12H17ClN2S. The second-order valence-corrected chi connectivity index (χ2v) is 6.58. The molecule has 16 heavy (non-hydrogen) atoms. The standard InChI is InChI=1S/C12H17ClN2S/c1-12(5-2-6-16-12)8-15-11-4-3-9(14)7-10(11)13/h3-4,7,15H,2,5-6,8,14H2,1H3. The molecule has 88 valence electrons. The number of nitrogens with one attached hydrogen (secondary N) is 1. The number of benzene rings is 1. The fourth-order valence-electron chi connectivity index (χ4n) is 1.93. The SMILES string of the molecule is CC1(CNc2ccc(N)cc2Cl)CCCS1. The molecule has 0 aromatic heterocycles. The fourth-order valence-corrected chi connectivity index (χ4v) is 3.43. The summed E-state index contributed by atoms with van der Waals surface area (Å²) in [4.78, 5) is 0. The van der Waals surface area contributed by atoms with E-state index in [0.29, 0.717) is 15.5 Å². The first-order valence-electron chi connectivity index (χ1n) is 5.52. The van der Waals surface area contributed by atoms with Crippen LogP contribution in [0.5, 0.6) is 0 Å². The van der Waals surface area contributed by atoms with E-state index in [0.717, 1.165) is 12.2 Å². The van der Waals surface area contributed by atoms with Gasteiger partial charge in [-0.3, -0.25) is 0 Å². The minimum Gasteiger partial charge on any atom is -0.399 e. The van der Waals surface area contributed by atoms with Crippen LogP contribution >= 0.6 is 23.4 Å². The van der Waals surface area contributed by atoms with Crippen molar-refractivity contribution in [3.63, 3.8) is 0 Å². The lowest BCUT2D eigenvalue weighted by atomic mass is 10.1. The lowest BCUT2D eigenvalue weighted by Crippen LogP contribution is -2.27. The average Bonchev–Trinajstić information content (AvgIpc) is 2.64. The van der Waals surface area contributed by atoms with Crippen molar-refractivity contribution in [2.75, 3.05) is 23.3 Å². The number of thioether (sulfide) groups is 1. The van der Waals surface area contributed by atoms with Gasteiger partial charge in [0.15, 0.2) is 0 Å². The first-order chi connectivity index (χ1) is 7.59. The molecule has 1 aliphatic rings. The quantitative estimate of drug-likeness (QED) is 0.812. The zero-order valence-electron chi connectivity index (χ0n) is 9.42. The molecule has 0 bridgehead atoms. The summed E-state index contributed by atoms with van der Waals surface area (Å²) in [5, 5.41) is 4.11. The van der Waals surface area contributed by atoms with Crippen LogP contribution in [0.1, 0.15) is 19.8 Å². The zero-order chi connectivity index (χ0) is 11.6. The molecule has 1 fully saturated rings. The van der Waals surface area contributed by atoms with Gasteiger partial charge in [-0.15, -0.1) is 0 Å². The van der Waals surface area contributed by atoms with Crippen LogP contribution in [0.4, 0.5) is 11.4 Å². The third kappa shape index (κ3) is 2.77. The third-order valence-corrected chi connectivity index (χ3v) is 4.80. The van der Waals surface area contributed by atoms with Crippen molar-refractivity contribution in [2.45, 2.75) is 24.5 Å². The van der Waals surface area contributed by atoms with Crippen molar-refractivity contribution in [1.29, 1.82) is 0 Å². The van der Waals surface area contributed by atoms with Crippen LogP contribution in [0.3, 0.4) is 0 Å². The summed E-state index contributed by atoms with van der Waals surface area (Å²) in [6.07, 6.45) is 2.59. The molecule has 0 aliphatic carbocycles. The van der Waals surface area contributed by atoms with E-state index < -0.39 is 0 Å². The molecule has 3 N–H and O–H groups in total. The minimum atomic E-state index is 0.352. The maximum absolute atomic E-state index is 6.11. The van der Waals surface area contributed by atoms with Crippen LogP contribution < -0.4 is 11.1 Å². The van der Waals surface area contributed by atoms with Gasteiger partial charge in [-0.1, -0.05) is 11.6 Å². The lowest BCUT2D eigenvalue weighted by Gasteiger charge is -2.24. The lowest BCUT2D eigenvalue weighted by molar-refractivity contribution is 0.635. The summed E-state index contributed by atoms with van der Waals surface area (Å²) >= 11 is 8.15.